The number of benzene rings is 1. The number of rotatable bonds is 4. The van der Waals surface area contributed by atoms with Crippen molar-refractivity contribution in [3.8, 4) is 0 Å². The molecule has 2 rings (SSSR count). The monoisotopic (exact) mass is 368 g/mol. The topological polar surface area (TPSA) is 67.8 Å². The lowest BCUT2D eigenvalue weighted by molar-refractivity contribution is 0.102. The third kappa shape index (κ3) is 3.57. The number of hydrogen-bond acceptors (Lipinski definition) is 4. The van der Waals surface area contributed by atoms with E-state index >= 15 is 0 Å². The molecule has 21 heavy (non-hydrogen) atoms. The van der Waals surface area contributed by atoms with Gasteiger partial charge in [0.25, 0.3) is 5.91 Å². The third-order valence-corrected chi connectivity index (χ3v) is 4.23. The number of amides is 1. The van der Waals surface area contributed by atoms with Crippen LogP contribution < -0.4 is 5.32 Å². The van der Waals surface area contributed by atoms with Gasteiger partial charge in [0.05, 0.1) is 22.0 Å². The van der Waals surface area contributed by atoms with Crippen molar-refractivity contribution in [2.75, 3.05) is 5.32 Å². The Labute approximate surface area is 136 Å². The lowest BCUT2D eigenvalue weighted by Crippen LogP contribution is -2.17. The second kappa shape index (κ2) is 6.95. The molecule has 7 heteroatoms. The third-order valence-electron chi connectivity index (χ3n) is 2.93. The van der Waals surface area contributed by atoms with Crippen LogP contribution in [0.2, 0.25) is 5.02 Å². The molecule has 2 aromatic rings. The summed E-state index contributed by atoms with van der Waals surface area (Å²) in [6.45, 7) is 3.98. The molecule has 0 unspecified atom stereocenters. The lowest BCUT2D eigenvalue weighted by atomic mass is 10.2. The lowest BCUT2D eigenvalue weighted by Gasteiger charge is -2.08. The zero-order valence-electron chi connectivity index (χ0n) is 11.7. The molecule has 0 radical (unpaired) electrons. The molecule has 0 aliphatic heterocycles. The second-order valence-electron chi connectivity index (χ2n) is 4.29. The molecule has 0 fully saturated rings. The molecule has 110 valence electrons. The van der Waals surface area contributed by atoms with Gasteiger partial charge in [-0.25, -0.2) is 4.98 Å². The Morgan fingerprint density at radius 3 is 2.62 bits per heavy atom. The zero-order chi connectivity index (χ0) is 15.4. The first-order valence-corrected chi connectivity index (χ1v) is 7.71. The summed E-state index contributed by atoms with van der Waals surface area (Å²) in [4.78, 5) is 16.5. The highest BCUT2D eigenvalue weighted by Crippen LogP contribution is 2.26. The van der Waals surface area contributed by atoms with Crippen LogP contribution in [0.15, 0.2) is 22.7 Å². The summed E-state index contributed by atoms with van der Waals surface area (Å²) in [6, 6.07) is 5.14. The first-order valence-electron chi connectivity index (χ1n) is 6.54. The van der Waals surface area contributed by atoms with Crippen LogP contribution in [0, 0.1) is 0 Å². The normalized spacial score (nSPS) is 10.5. The van der Waals surface area contributed by atoms with Gasteiger partial charge in [0.1, 0.15) is 0 Å². The molecule has 0 aliphatic rings. The van der Waals surface area contributed by atoms with Crippen molar-refractivity contribution in [1.29, 1.82) is 0 Å². The van der Waals surface area contributed by atoms with Crippen LogP contribution in [0.4, 0.5) is 5.95 Å². The van der Waals surface area contributed by atoms with Gasteiger partial charge in [0.2, 0.25) is 5.95 Å². The number of hydrogen-bond donors (Lipinski definition) is 1. The fraction of sp³-hybridized carbons (Fsp3) is 0.286. The van der Waals surface area contributed by atoms with Crippen molar-refractivity contribution >= 4 is 39.4 Å². The SMILES string of the molecule is CCc1nnc(NC(=O)c2cccc(Br)c2Cl)nc1CC. The summed E-state index contributed by atoms with van der Waals surface area (Å²) in [6.07, 6.45) is 1.49. The minimum absolute atomic E-state index is 0.185. The van der Waals surface area contributed by atoms with Gasteiger partial charge in [-0.1, -0.05) is 31.5 Å². The van der Waals surface area contributed by atoms with Gasteiger partial charge in [-0.05, 0) is 40.9 Å². The average molecular weight is 370 g/mol. The molecule has 1 heterocycles. The first-order chi connectivity index (χ1) is 10.1. The molecule has 0 spiro atoms. The van der Waals surface area contributed by atoms with E-state index in [9.17, 15) is 4.79 Å². The van der Waals surface area contributed by atoms with Crippen molar-refractivity contribution in [2.45, 2.75) is 26.7 Å². The Bertz CT molecular complexity index is 678. The molecule has 1 N–H and O–H groups in total. The highest BCUT2D eigenvalue weighted by molar-refractivity contribution is 9.10. The predicted octanol–water partition coefficient (Wildman–Crippen LogP) is 3.66. The van der Waals surface area contributed by atoms with Crippen molar-refractivity contribution in [3.63, 3.8) is 0 Å². The standard InChI is InChI=1S/C14H14BrClN4O/c1-3-10-11(4-2)19-20-14(17-10)18-13(21)8-6-5-7-9(15)12(8)16/h5-7H,3-4H2,1-2H3,(H,17,18,20,21). The number of anilines is 1. The summed E-state index contributed by atoms with van der Waals surface area (Å²) >= 11 is 9.38. The minimum atomic E-state index is -0.366. The minimum Gasteiger partial charge on any atom is -0.289 e. The summed E-state index contributed by atoms with van der Waals surface area (Å²) in [5.74, 6) is -0.181. The fourth-order valence-electron chi connectivity index (χ4n) is 1.84. The van der Waals surface area contributed by atoms with E-state index in [4.69, 9.17) is 11.6 Å². The number of carbonyl (C=O) groups excluding carboxylic acids is 1. The number of nitrogens with one attached hydrogen (secondary N) is 1. The molecule has 0 bridgehead atoms. The number of nitrogens with zero attached hydrogens (tertiary/aromatic N) is 3. The van der Waals surface area contributed by atoms with Crippen LogP contribution in [0.1, 0.15) is 35.6 Å². The molecule has 0 saturated carbocycles. The van der Waals surface area contributed by atoms with Gasteiger partial charge in [-0.2, -0.15) is 0 Å². The second-order valence-corrected chi connectivity index (χ2v) is 5.52. The average Bonchev–Trinajstić information content (AvgIpc) is 2.49. The Morgan fingerprint density at radius 2 is 1.95 bits per heavy atom. The van der Waals surface area contributed by atoms with Crippen LogP contribution >= 0.6 is 27.5 Å². The highest BCUT2D eigenvalue weighted by atomic mass is 79.9. The first kappa shape index (κ1) is 15.9. The van der Waals surface area contributed by atoms with E-state index in [0.29, 0.717) is 15.1 Å². The van der Waals surface area contributed by atoms with Crippen molar-refractivity contribution < 1.29 is 4.79 Å². The fourth-order valence-corrected chi connectivity index (χ4v) is 2.42. The molecule has 0 aliphatic carbocycles. The molecule has 1 aromatic heterocycles. The van der Waals surface area contributed by atoms with E-state index in [2.05, 4.69) is 36.4 Å². The number of carbonyl (C=O) groups is 1. The smallest absolute Gasteiger partial charge is 0.259 e. The van der Waals surface area contributed by atoms with Crippen LogP contribution in [0.5, 0.6) is 0 Å². The van der Waals surface area contributed by atoms with Gasteiger partial charge in [-0.3, -0.25) is 10.1 Å². The van der Waals surface area contributed by atoms with Crippen molar-refractivity contribution in [3.05, 3.63) is 44.6 Å². The zero-order valence-corrected chi connectivity index (χ0v) is 14.0. The maximum absolute atomic E-state index is 12.2. The number of aromatic nitrogens is 3. The Kier molecular flexibility index (Phi) is 5.25. The van der Waals surface area contributed by atoms with E-state index in [1.807, 2.05) is 13.8 Å². The molecular formula is C14H14BrClN4O. The number of halogens is 2. The molecule has 1 amide bonds. The van der Waals surface area contributed by atoms with E-state index in [1.54, 1.807) is 18.2 Å². The van der Waals surface area contributed by atoms with Gasteiger partial charge in [0.15, 0.2) is 0 Å². The van der Waals surface area contributed by atoms with Crippen LogP contribution in [-0.2, 0) is 12.8 Å². The Morgan fingerprint density at radius 1 is 1.24 bits per heavy atom. The van der Waals surface area contributed by atoms with E-state index in [0.717, 1.165) is 24.2 Å². The van der Waals surface area contributed by atoms with E-state index in [-0.39, 0.29) is 11.9 Å². The Hall–Kier alpha value is -1.53. The van der Waals surface area contributed by atoms with Crippen LogP contribution in [-0.4, -0.2) is 21.1 Å². The van der Waals surface area contributed by atoms with Crippen molar-refractivity contribution in [1.82, 2.24) is 15.2 Å². The molecule has 0 atom stereocenters. The van der Waals surface area contributed by atoms with E-state index in [1.165, 1.54) is 0 Å². The molecular weight excluding hydrogens is 356 g/mol. The highest BCUT2D eigenvalue weighted by Gasteiger charge is 2.15. The molecule has 5 nitrogen and oxygen atoms in total. The molecule has 1 aromatic carbocycles. The quantitative estimate of drug-likeness (QED) is 0.893. The number of aryl methyl sites for hydroxylation is 2. The van der Waals surface area contributed by atoms with Crippen LogP contribution in [0.25, 0.3) is 0 Å². The summed E-state index contributed by atoms with van der Waals surface area (Å²) in [5.41, 5.74) is 2.03. The van der Waals surface area contributed by atoms with Crippen molar-refractivity contribution in [2.24, 2.45) is 0 Å². The van der Waals surface area contributed by atoms with Gasteiger partial charge >= 0.3 is 0 Å². The van der Waals surface area contributed by atoms with Gasteiger partial charge in [-0.15, -0.1) is 10.2 Å². The largest absolute Gasteiger partial charge is 0.289 e. The van der Waals surface area contributed by atoms with Gasteiger partial charge < -0.3 is 0 Å². The maximum atomic E-state index is 12.2. The Balaban J connectivity index is 2.25. The summed E-state index contributed by atoms with van der Waals surface area (Å²) in [5, 5.41) is 11.0. The summed E-state index contributed by atoms with van der Waals surface area (Å²) in [7, 11) is 0. The van der Waals surface area contributed by atoms with E-state index < -0.39 is 0 Å². The van der Waals surface area contributed by atoms with Crippen LogP contribution in [0.3, 0.4) is 0 Å². The summed E-state index contributed by atoms with van der Waals surface area (Å²) < 4.78 is 0.659. The predicted molar refractivity (Wildman–Crippen MR) is 85.7 cm³/mol. The van der Waals surface area contributed by atoms with Gasteiger partial charge in [0, 0.05) is 4.47 Å². The molecule has 0 saturated heterocycles. The maximum Gasteiger partial charge on any atom is 0.259 e.